The van der Waals surface area contributed by atoms with Crippen LogP contribution < -0.4 is 31.8 Å². The number of thioether (sulfide) groups is 1. The summed E-state index contributed by atoms with van der Waals surface area (Å²) in [4.78, 5) is 59.3. The lowest BCUT2D eigenvalue weighted by molar-refractivity contribution is -0.114. The Hall–Kier alpha value is -5.49. The van der Waals surface area contributed by atoms with Gasteiger partial charge in [-0.05, 0) is 43.0 Å². The van der Waals surface area contributed by atoms with Crippen LogP contribution in [-0.2, 0) is 21.4 Å². The molecule has 0 radical (unpaired) electrons. The van der Waals surface area contributed by atoms with E-state index in [9.17, 15) is 19.2 Å². The van der Waals surface area contributed by atoms with Gasteiger partial charge in [0.2, 0.25) is 0 Å². The molecule has 4 heterocycles. The second-order valence-electron chi connectivity index (χ2n) is 9.67. The zero-order valence-corrected chi connectivity index (χ0v) is 23.1. The topological polar surface area (TPSA) is 130 Å². The molecule has 0 aliphatic carbocycles. The van der Waals surface area contributed by atoms with Crippen molar-refractivity contribution >= 4 is 57.3 Å². The molecule has 1 fully saturated rings. The lowest BCUT2D eigenvalue weighted by Gasteiger charge is -2.14. The van der Waals surface area contributed by atoms with Gasteiger partial charge in [-0.25, -0.2) is 14.6 Å². The van der Waals surface area contributed by atoms with E-state index in [0.717, 1.165) is 11.8 Å². The summed E-state index contributed by atoms with van der Waals surface area (Å²) in [5, 5.41) is 8.40. The summed E-state index contributed by atoms with van der Waals surface area (Å²) in [5.74, 6) is -1.52. The van der Waals surface area contributed by atoms with Crippen molar-refractivity contribution in [3.05, 3.63) is 116 Å². The Balaban J connectivity index is 1.42. The third-order valence-corrected chi connectivity index (χ3v) is 8.34. The predicted molar refractivity (Wildman–Crippen MR) is 159 cm³/mol. The fourth-order valence-corrected chi connectivity index (χ4v) is 6.25. The Morgan fingerprint density at radius 2 is 1.62 bits per heavy atom. The summed E-state index contributed by atoms with van der Waals surface area (Å²) in [5.41, 5.74) is 5.03. The number of rotatable bonds is 4. The second-order valence-corrected chi connectivity index (χ2v) is 10.6. The van der Waals surface area contributed by atoms with Crippen LogP contribution in [0.4, 0.5) is 11.4 Å². The first-order chi connectivity index (χ1) is 20.3. The molecule has 0 saturated carbocycles. The maximum atomic E-state index is 14.2. The number of amidine groups is 1. The number of hydrazone groups is 1. The average Bonchev–Trinajstić information content (AvgIpc) is 3.66. The van der Waals surface area contributed by atoms with E-state index in [1.54, 1.807) is 79.3 Å². The van der Waals surface area contributed by atoms with E-state index < -0.39 is 23.3 Å². The highest BCUT2D eigenvalue weighted by molar-refractivity contribution is 8.19. The van der Waals surface area contributed by atoms with Crippen molar-refractivity contribution in [1.82, 2.24) is 14.8 Å². The predicted octanol–water partition coefficient (Wildman–Crippen LogP) is 1.76. The smallest absolute Gasteiger partial charge is 0.296 e. The number of aromatic nitrogens is 2. The van der Waals surface area contributed by atoms with Crippen molar-refractivity contribution in [2.75, 3.05) is 10.2 Å². The van der Waals surface area contributed by atoms with E-state index in [4.69, 9.17) is 0 Å². The van der Waals surface area contributed by atoms with Gasteiger partial charge in [-0.15, -0.1) is 5.10 Å². The number of benzene rings is 3. The van der Waals surface area contributed by atoms with E-state index in [1.807, 2.05) is 18.2 Å². The molecular weight excluding hydrogens is 554 g/mol. The molecule has 42 heavy (non-hydrogen) atoms. The molecule has 3 aromatic carbocycles. The van der Waals surface area contributed by atoms with Crippen molar-refractivity contribution < 1.29 is 14.4 Å². The first-order valence-corrected chi connectivity index (χ1v) is 13.7. The highest BCUT2D eigenvalue weighted by Gasteiger charge is 2.43. The third kappa shape index (κ3) is 3.76. The van der Waals surface area contributed by atoms with Gasteiger partial charge in [0.25, 0.3) is 23.3 Å². The minimum atomic E-state index is -0.582. The van der Waals surface area contributed by atoms with Crippen molar-refractivity contribution in [1.29, 1.82) is 0 Å². The number of hydrogen-bond acceptors (Lipinski definition) is 7. The average molecular weight is 576 g/mol. The number of fused-ring (bicyclic) bond motifs is 2. The molecule has 3 amide bonds. The van der Waals surface area contributed by atoms with Crippen molar-refractivity contribution in [2.45, 2.75) is 6.92 Å². The Morgan fingerprint density at radius 1 is 0.905 bits per heavy atom. The number of anilines is 2. The second kappa shape index (κ2) is 9.56. The minimum absolute atomic E-state index is 0.0783. The van der Waals surface area contributed by atoms with Crippen LogP contribution in [0.15, 0.2) is 98.7 Å². The van der Waals surface area contributed by atoms with Gasteiger partial charge < -0.3 is 5.32 Å². The Morgan fingerprint density at radius 3 is 2.43 bits per heavy atom. The van der Waals surface area contributed by atoms with E-state index in [0.29, 0.717) is 33.2 Å². The molecule has 1 saturated heterocycles. The molecule has 11 nitrogen and oxygen atoms in total. The van der Waals surface area contributed by atoms with Gasteiger partial charge in [0.15, 0.2) is 5.17 Å². The molecule has 0 bridgehead atoms. The van der Waals surface area contributed by atoms with Crippen LogP contribution >= 0.6 is 11.8 Å². The number of nitrogens with zero attached hydrogens (tertiary/aromatic N) is 5. The fraction of sp³-hybridized carbons (Fsp3) is 0.0667. The van der Waals surface area contributed by atoms with Gasteiger partial charge in [0.05, 0.1) is 27.2 Å². The van der Waals surface area contributed by atoms with Gasteiger partial charge in [-0.2, -0.15) is 0 Å². The van der Waals surface area contributed by atoms with Gasteiger partial charge >= 0.3 is 0 Å². The van der Waals surface area contributed by atoms with E-state index in [1.165, 1.54) is 9.58 Å². The summed E-state index contributed by atoms with van der Waals surface area (Å²) in [6, 6.07) is 23.1. The van der Waals surface area contributed by atoms with E-state index >= 15 is 0 Å². The minimum Gasteiger partial charge on any atom is -0.321 e. The summed E-state index contributed by atoms with van der Waals surface area (Å²) in [6.45, 7) is 1.73. The van der Waals surface area contributed by atoms with Crippen LogP contribution in [0.2, 0.25) is 0 Å². The van der Waals surface area contributed by atoms with E-state index in [-0.39, 0.29) is 27.0 Å². The molecule has 1 aromatic heterocycles. The molecule has 0 atom stereocenters. The molecule has 0 spiro atoms. The largest absolute Gasteiger partial charge is 0.321 e. The summed E-state index contributed by atoms with van der Waals surface area (Å²) in [6.07, 6.45) is 0. The molecule has 3 aliphatic heterocycles. The van der Waals surface area contributed by atoms with Crippen molar-refractivity contribution in [3.8, 4) is 5.69 Å². The fourth-order valence-electron chi connectivity index (χ4n) is 5.23. The summed E-state index contributed by atoms with van der Waals surface area (Å²) in [7, 11) is 1.72. The van der Waals surface area contributed by atoms with Crippen LogP contribution in [0.3, 0.4) is 0 Å². The molecule has 12 heteroatoms. The van der Waals surface area contributed by atoms with Crippen LogP contribution in [0, 0.1) is 6.92 Å². The maximum Gasteiger partial charge on any atom is 0.296 e. The van der Waals surface area contributed by atoms with Crippen LogP contribution in [0.1, 0.15) is 11.3 Å². The number of hydrogen-bond donors (Lipinski definition) is 2. The van der Waals surface area contributed by atoms with Crippen LogP contribution in [0.25, 0.3) is 17.0 Å². The number of para-hydroxylation sites is 3. The Bertz CT molecular complexity index is 2130. The Kier molecular flexibility index (Phi) is 5.80. The lowest BCUT2D eigenvalue weighted by Crippen LogP contribution is -2.35. The lowest BCUT2D eigenvalue weighted by atomic mass is 10.1. The molecule has 2 N–H and O–H groups in total. The Labute approximate surface area is 242 Å². The van der Waals surface area contributed by atoms with Gasteiger partial charge in [-0.3, -0.25) is 29.3 Å². The van der Waals surface area contributed by atoms with Crippen LogP contribution in [0.5, 0.6) is 0 Å². The standard InChI is InChI=1S/C30H21N7O4S/c1-16-24(28(40)37(35(16)2)17-10-4-3-5-11-17)36-29(41)25(22-18-12-6-8-14-20(18)31-26(22)38)42-30(36)34-33-23-19-13-7-9-15-21(19)32-27(23)39/h3-15H,1-2H3,(H,31,38)(H,32,33,39)/b25-22-,34-30-. The van der Waals surface area contributed by atoms with Crippen LogP contribution in [-0.4, -0.2) is 32.3 Å². The third-order valence-electron chi connectivity index (χ3n) is 7.30. The van der Waals surface area contributed by atoms with Gasteiger partial charge in [-0.1, -0.05) is 54.6 Å². The zero-order chi connectivity index (χ0) is 29.1. The molecule has 0 unspecified atom stereocenters. The molecule has 206 valence electrons. The molecule has 3 aliphatic rings. The number of amides is 3. The van der Waals surface area contributed by atoms with E-state index in [2.05, 4.69) is 20.8 Å². The quantitative estimate of drug-likeness (QED) is 0.282. The maximum absolute atomic E-state index is 14.2. The number of nitrogens with one attached hydrogen (secondary N) is 2. The highest BCUT2D eigenvalue weighted by Crippen LogP contribution is 2.43. The monoisotopic (exact) mass is 575 g/mol. The van der Waals surface area contributed by atoms with Gasteiger partial charge in [0, 0.05) is 23.5 Å². The number of carbonyl (C=O) groups excluding carboxylic acids is 3. The van der Waals surface area contributed by atoms with Crippen molar-refractivity contribution in [2.24, 2.45) is 17.1 Å². The summed E-state index contributed by atoms with van der Waals surface area (Å²) >= 11 is 0.951. The molecule has 4 aromatic rings. The summed E-state index contributed by atoms with van der Waals surface area (Å²) < 4.78 is 3.11. The molecule has 7 rings (SSSR count). The first kappa shape index (κ1) is 25.5. The normalized spacial score (nSPS) is 18.4. The zero-order valence-electron chi connectivity index (χ0n) is 22.3. The SMILES string of the molecule is Cc1c(N2C(=O)/C(=C3/C(=O)Nc4ccccc43)S/C2=N\NC2=c3ccccc3=NC2=O)c(=O)n(-c2ccccc2)n1C. The van der Waals surface area contributed by atoms with Crippen molar-refractivity contribution in [3.63, 3.8) is 0 Å². The number of carbonyl (C=O) groups is 3. The molecular formula is C30H21N7O4S. The van der Waals surface area contributed by atoms with Gasteiger partial charge in [0.1, 0.15) is 11.4 Å². The first-order valence-electron chi connectivity index (χ1n) is 12.9. The highest BCUT2D eigenvalue weighted by atomic mass is 32.2.